The molecule has 1 saturated carbocycles. The molecule has 1 N–H and O–H groups in total. The smallest absolute Gasteiger partial charge is 0.272 e. The molecule has 0 unspecified atom stereocenters. The number of nitrogens with one attached hydrogen (secondary N) is 1. The van der Waals surface area contributed by atoms with Crippen molar-refractivity contribution >= 4 is 10.8 Å². The van der Waals surface area contributed by atoms with E-state index in [0.717, 1.165) is 16.8 Å². The highest BCUT2D eigenvalue weighted by Gasteiger charge is 2.25. The van der Waals surface area contributed by atoms with Gasteiger partial charge in [-0.2, -0.15) is 5.10 Å². The summed E-state index contributed by atoms with van der Waals surface area (Å²) in [4.78, 5) is 16.2. The zero-order chi connectivity index (χ0) is 12.8. The molecule has 0 spiro atoms. The number of rotatable bonds is 2. The van der Waals surface area contributed by atoms with Gasteiger partial charge in [-0.15, -0.1) is 0 Å². The number of benzene rings is 1. The second kappa shape index (κ2) is 3.78. The Labute approximate surface area is 108 Å². The summed E-state index contributed by atoms with van der Waals surface area (Å²) in [6.45, 7) is 0. The molecule has 0 bridgehead atoms. The van der Waals surface area contributed by atoms with E-state index in [1.807, 2.05) is 35.3 Å². The highest BCUT2D eigenvalue weighted by atomic mass is 16.1. The van der Waals surface area contributed by atoms with Crippen LogP contribution >= 0.6 is 0 Å². The van der Waals surface area contributed by atoms with Crippen molar-refractivity contribution in [3.63, 3.8) is 0 Å². The largest absolute Gasteiger partial charge is 0.306 e. The minimum absolute atomic E-state index is 0.165. The third-order valence-corrected chi connectivity index (χ3v) is 3.55. The molecule has 0 aliphatic heterocycles. The summed E-state index contributed by atoms with van der Waals surface area (Å²) in [7, 11) is 0. The summed E-state index contributed by atoms with van der Waals surface area (Å²) in [6, 6.07) is 5.75. The molecular weight excluding hydrogens is 240 g/mol. The molecule has 2 heterocycles. The first-order valence-electron chi connectivity index (χ1n) is 6.33. The summed E-state index contributed by atoms with van der Waals surface area (Å²) in [5.41, 5.74) is 1.93. The summed E-state index contributed by atoms with van der Waals surface area (Å²) < 4.78 is 1.97. The molecule has 2 aromatic heterocycles. The first kappa shape index (κ1) is 10.5. The van der Waals surface area contributed by atoms with Crippen LogP contribution in [0.25, 0.3) is 16.5 Å². The van der Waals surface area contributed by atoms with Crippen molar-refractivity contribution < 1.29 is 0 Å². The lowest BCUT2D eigenvalue weighted by molar-refractivity contribution is 1.01. The van der Waals surface area contributed by atoms with E-state index in [0.29, 0.717) is 11.3 Å². The fourth-order valence-electron chi connectivity index (χ4n) is 2.30. The molecule has 5 nitrogen and oxygen atoms in total. The van der Waals surface area contributed by atoms with Crippen LogP contribution in [0, 0.1) is 0 Å². The standard InChI is InChI=1S/C14H12N4O/c19-14-12-5-11(4-3-10(12)6-16-17-14)18-7-13(15-8-18)9-1-2-9/h3-9H,1-2H2,(H,17,19). The lowest BCUT2D eigenvalue weighted by atomic mass is 10.2. The Morgan fingerprint density at radius 3 is 3.05 bits per heavy atom. The van der Waals surface area contributed by atoms with Crippen LogP contribution in [-0.2, 0) is 0 Å². The van der Waals surface area contributed by atoms with E-state index in [2.05, 4.69) is 15.2 Å². The van der Waals surface area contributed by atoms with E-state index in [1.54, 1.807) is 6.20 Å². The molecule has 1 aliphatic carbocycles. The van der Waals surface area contributed by atoms with Gasteiger partial charge in [0.05, 0.1) is 23.6 Å². The van der Waals surface area contributed by atoms with E-state index in [-0.39, 0.29) is 5.56 Å². The predicted octanol–water partition coefficient (Wildman–Crippen LogP) is 1.99. The molecule has 5 heteroatoms. The van der Waals surface area contributed by atoms with Gasteiger partial charge in [0.1, 0.15) is 0 Å². The first-order chi connectivity index (χ1) is 9.31. The zero-order valence-corrected chi connectivity index (χ0v) is 10.2. The second-order valence-electron chi connectivity index (χ2n) is 4.95. The minimum Gasteiger partial charge on any atom is -0.306 e. The van der Waals surface area contributed by atoms with Crippen LogP contribution in [0.3, 0.4) is 0 Å². The van der Waals surface area contributed by atoms with Crippen LogP contribution in [-0.4, -0.2) is 19.7 Å². The molecule has 3 aromatic rings. The van der Waals surface area contributed by atoms with Gasteiger partial charge in [-0.1, -0.05) is 6.07 Å². The number of aromatic amines is 1. The van der Waals surface area contributed by atoms with Crippen LogP contribution in [0.15, 0.2) is 41.7 Å². The van der Waals surface area contributed by atoms with Gasteiger partial charge in [0.2, 0.25) is 0 Å². The Morgan fingerprint density at radius 1 is 1.32 bits per heavy atom. The summed E-state index contributed by atoms with van der Waals surface area (Å²) in [5, 5.41) is 7.74. The molecule has 0 radical (unpaired) electrons. The molecule has 94 valence electrons. The van der Waals surface area contributed by atoms with E-state index in [9.17, 15) is 4.79 Å². The van der Waals surface area contributed by atoms with Crippen LogP contribution in [0.4, 0.5) is 0 Å². The summed E-state index contributed by atoms with van der Waals surface area (Å²) in [5.74, 6) is 0.634. The number of imidazole rings is 1. The number of fused-ring (bicyclic) bond motifs is 1. The first-order valence-corrected chi connectivity index (χ1v) is 6.33. The maximum absolute atomic E-state index is 11.7. The number of nitrogens with zero attached hydrogens (tertiary/aromatic N) is 3. The molecule has 1 aliphatic rings. The summed E-state index contributed by atoms with van der Waals surface area (Å²) >= 11 is 0. The van der Waals surface area contributed by atoms with Crippen molar-refractivity contribution in [1.82, 2.24) is 19.7 Å². The van der Waals surface area contributed by atoms with Crippen molar-refractivity contribution in [1.29, 1.82) is 0 Å². The third kappa shape index (κ3) is 1.74. The monoisotopic (exact) mass is 252 g/mol. The van der Waals surface area contributed by atoms with Crippen molar-refractivity contribution in [2.75, 3.05) is 0 Å². The van der Waals surface area contributed by atoms with Gasteiger partial charge in [0.15, 0.2) is 0 Å². The van der Waals surface area contributed by atoms with Crippen molar-refractivity contribution in [2.45, 2.75) is 18.8 Å². The summed E-state index contributed by atoms with van der Waals surface area (Å²) in [6.07, 6.45) is 7.99. The molecule has 19 heavy (non-hydrogen) atoms. The molecule has 0 saturated heterocycles. The second-order valence-corrected chi connectivity index (χ2v) is 4.95. The number of aromatic nitrogens is 4. The SMILES string of the molecule is O=c1[nH]ncc2ccc(-n3cnc(C4CC4)c3)cc12. The van der Waals surface area contributed by atoms with Crippen LogP contribution in [0.5, 0.6) is 0 Å². The van der Waals surface area contributed by atoms with Gasteiger partial charge in [0, 0.05) is 23.2 Å². The van der Waals surface area contributed by atoms with Crippen LogP contribution in [0.2, 0.25) is 0 Å². The van der Waals surface area contributed by atoms with Crippen molar-refractivity contribution in [3.8, 4) is 5.69 Å². The van der Waals surface area contributed by atoms with Gasteiger partial charge in [0.25, 0.3) is 5.56 Å². The Bertz CT molecular complexity index is 813. The average Bonchev–Trinajstić information content (AvgIpc) is 3.17. The third-order valence-electron chi connectivity index (χ3n) is 3.55. The van der Waals surface area contributed by atoms with Crippen molar-refractivity contribution in [3.05, 3.63) is 53.0 Å². The molecule has 0 atom stereocenters. The molecular formula is C14H12N4O. The van der Waals surface area contributed by atoms with Gasteiger partial charge >= 0.3 is 0 Å². The molecule has 1 aromatic carbocycles. The normalized spacial score (nSPS) is 14.9. The topological polar surface area (TPSA) is 63.6 Å². The predicted molar refractivity (Wildman–Crippen MR) is 71.5 cm³/mol. The highest BCUT2D eigenvalue weighted by molar-refractivity contribution is 5.82. The van der Waals surface area contributed by atoms with Gasteiger partial charge in [-0.25, -0.2) is 10.1 Å². The van der Waals surface area contributed by atoms with E-state index in [4.69, 9.17) is 0 Å². The lowest BCUT2D eigenvalue weighted by Gasteiger charge is -2.03. The van der Waals surface area contributed by atoms with E-state index >= 15 is 0 Å². The van der Waals surface area contributed by atoms with E-state index in [1.165, 1.54) is 12.8 Å². The van der Waals surface area contributed by atoms with Gasteiger partial charge in [-0.3, -0.25) is 4.79 Å². The number of H-pyrrole nitrogens is 1. The zero-order valence-electron chi connectivity index (χ0n) is 10.2. The Balaban J connectivity index is 1.85. The Kier molecular flexibility index (Phi) is 2.09. The molecule has 0 amide bonds. The minimum atomic E-state index is -0.165. The lowest BCUT2D eigenvalue weighted by Crippen LogP contribution is -2.07. The number of hydrogen-bond acceptors (Lipinski definition) is 3. The van der Waals surface area contributed by atoms with Crippen LogP contribution in [0.1, 0.15) is 24.5 Å². The maximum Gasteiger partial charge on any atom is 0.272 e. The Morgan fingerprint density at radius 2 is 2.21 bits per heavy atom. The molecule has 4 rings (SSSR count). The highest BCUT2D eigenvalue weighted by Crippen LogP contribution is 2.39. The van der Waals surface area contributed by atoms with Gasteiger partial charge < -0.3 is 4.57 Å². The van der Waals surface area contributed by atoms with Crippen LogP contribution < -0.4 is 5.56 Å². The molecule has 1 fully saturated rings. The van der Waals surface area contributed by atoms with E-state index < -0.39 is 0 Å². The maximum atomic E-state index is 11.7. The average molecular weight is 252 g/mol. The number of hydrogen-bond donors (Lipinski definition) is 1. The Hall–Kier alpha value is -2.43. The quantitative estimate of drug-likeness (QED) is 0.758. The van der Waals surface area contributed by atoms with Gasteiger partial charge in [-0.05, 0) is 25.0 Å². The fourth-order valence-corrected chi connectivity index (χ4v) is 2.30. The van der Waals surface area contributed by atoms with Crippen molar-refractivity contribution in [2.24, 2.45) is 0 Å². The fraction of sp³-hybridized carbons (Fsp3) is 0.214.